The molecule has 0 saturated carbocycles. The zero-order valence-electron chi connectivity index (χ0n) is 16.3. The summed E-state index contributed by atoms with van der Waals surface area (Å²) < 4.78 is 5.23. The number of ether oxygens (including phenoxy) is 1. The number of rotatable bonds is 5. The van der Waals surface area contributed by atoms with Crippen LogP contribution in [0.1, 0.15) is 24.1 Å². The molecule has 0 atom stereocenters. The Morgan fingerprint density at radius 3 is 2.48 bits per heavy atom. The van der Waals surface area contributed by atoms with Crippen LogP contribution in [0, 0.1) is 6.92 Å². The van der Waals surface area contributed by atoms with Gasteiger partial charge in [-0.05, 0) is 31.4 Å². The highest BCUT2D eigenvalue weighted by Crippen LogP contribution is 2.22. The van der Waals surface area contributed by atoms with Gasteiger partial charge in [-0.1, -0.05) is 0 Å². The predicted octanol–water partition coefficient (Wildman–Crippen LogP) is 2.11. The summed E-state index contributed by atoms with van der Waals surface area (Å²) in [7, 11) is 1.66. The van der Waals surface area contributed by atoms with Crippen molar-refractivity contribution in [2.45, 2.75) is 26.3 Å². The first-order chi connectivity index (χ1) is 13.2. The van der Waals surface area contributed by atoms with Crippen molar-refractivity contribution in [1.29, 1.82) is 0 Å². The Hall–Kier alpha value is -2.41. The zero-order valence-corrected chi connectivity index (χ0v) is 16.3. The van der Waals surface area contributed by atoms with E-state index < -0.39 is 0 Å². The lowest BCUT2D eigenvalue weighted by Crippen LogP contribution is -2.46. The number of methoxy groups -OCH3 is 1. The SMILES string of the molecule is COc1cc(CN2CCN(c3cc(C)nc(N4CCCC4)n3)CC2)ccn1. The maximum absolute atomic E-state index is 5.23. The highest BCUT2D eigenvalue weighted by Gasteiger charge is 2.21. The van der Waals surface area contributed by atoms with E-state index in [0.29, 0.717) is 5.88 Å². The lowest BCUT2D eigenvalue weighted by molar-refractivity contribution is 0.249. The molecule has 0 aromatic carbocycles. The molecular weight excluding hydrogens is 340 g/mol. The molecule has 0 spiro atoms. The van der Waals surface area contributed by atoms with Gasteiger partial charge in [0.1, 0.15) is 5.82 Å². The second kappa shape index (κ2) is 8.08. The van der Waals surface area contributed by atoms with Gasteiger partial charge < -0.3 is 14.5 Å². The Kier molecular flexibility index (Phi) is 5.38. The average Bonchev–Trinajstić information content (AvgIpc) is 3.23. The molecule has 0 bridgehead atoms. The van der Waals surface area contributed by atoms with Gasteiger partial charge in [0.15, 0.2) is 0 Å². The van der Waals surface area contributed by atoms with Crippen molar-refractivity contribution >= 4 is 11.8 Å². The minimum absolute atomic E-state index is 0.678. The summed E-state index contributed by atoms with van der Waals surface area (Å²) in [6.07, 6.45) is 4.30. The summed E-state index contributed by atoms with van der Waals surface area (Å²) in [6.45, 7) is 9.15. The molecular formula is C20H28N6O. The van der Waals surface area contributed by atoms with E-state index in [-0.39, 0.29) is 0 Å². The van der Waals surface area contributed by atoms with Gasteiger partial charge in [0, 0.05) is 69.8 Å². The summed E-state index contributed by atoms with van der Waals surface area (Å²) in [5.74, 6) is 2.64. The van der Waals surface area contributed by atoms with Crippen LogP contribution in [0.4, 0.5) is 11.8 Å². The first kappa shape index (κ1) is 18.0. The zero-order chi connectivity index (χ0) is 18.6. The second-order valence-corrected chi connectivity index (χ2v) is 7.33. The van der Waals surface area contributed by atoms with E-state index in [0.717, 1.165) is 63.3 Å². The van der Waals surface area contributed by atoms with Crippen molar-refractivity contribution in [3.8, 4) is 5.88 Å². The molecule has 2 saturated heterocycles. The monoisotopic (exact) mass is 368 g/mol. The van der Waals surface area contributed by atoms with E-state index >= 15 is 0 Å². The third kappa shape index (κ3) is 4.30. The van der Waals surface area contributed by atoms with Gasteiger partial charge in [0.05, 0.1) is 7.11 Å². The minimum Gasteiger partial charge on any atom is -0.481 e. The average molecular weight is 368 g/mol. The summed E-state index contributed by atoms with van der Waals surface area (Å²) >= 11 is 0. The van der Waals surface area contributed by atoms with Crippen LogP contribution in [0.3, 0.4) is 0 Å². The van der Waals surface area contributed by atoms with Crippen molar-refractivity contribution in [2.75, 3.05) is 56.2 Å². The van der Waals surface area contributed by atoms with E-state index in [1.54, 1.807) is 7.11 Å². The Balaban J connectivity index is 1.38. The van der Waals surface area contributed by atoms with E-state index in [9.17, 15) is 0 Å². The van der Waals surface area contributed by atoms with Gasteiger partial charge in [-0.15, -0.1) is 0 Å². The Morgan fingerprint density at radius 1 is 0.963 bits per heavy atom. The number of hydrogen-bond acceptors (Lipinski definition) is 7. The number of aromatic nitrogens is 3. The van der Waals surface area contributed by atoms with Crippen molar-refractivity contribution in [3.63, 3.8) is 0 Å². The van der Waals surface area contributed by atoms with Crippen LogP contribution in [0.2, 0.25) is 0 Å². The predicted molar refractivity (Wildman–Crippen MR) is 106 cm³/mol. The normalized spacial score (nSPS) is 18.1. The molecule has 0 unspecified atom stereocenters. The quantitative estimate of drug-likeness (QED) is 0.801. The smallest absolute Gasteiger partial charge is 0.227 e. The molecule has 2 aliphatic rings. The van der Waals surface area contributed by atoms with Crippen LogP contribution in [-0.2, 0) is 6.54 Å². The molecule has 27 heavy (non-hydrogen) atoms. The Morgan fingerprint density at radius 2 is 1.74 bits per heavy atom. The molecule has 2 aromatic heterocycles. The fourth-order valence-electron chi connectivity index (χ4n) is 3.81. The number of aryl methyl sites for hydroxylation is 1. The van der Waals surface area contributed by atoms with Gasteiger partial charge >= 0.3 is 0 Å². The maximum atomic E-state index is 5.23. The van der Waals surface area contributed by atoms with Gasteiger partial charge in [0.2, 0.25) is 11.8 Å². The van der Waals surface area contributed by atoms with Crippen LogP contribution in [0.5, 0.6) is 5.88 Å². The molecule has 4 heterocycles. The molecule has 144 valence electrons. The van der Waals surface area contributed by atoms with Crippen molar-refractivity contribution in [2.24, 2.45) is 0 Å². The molecule has 7 nitrogen and oxygen atoms in total. The highest BCUT2D eigenvalue weighted by molar-refractivity contribution is 5.46. The first-order valence-corrected chi connectivity index (χ1v) is 9.78. The first-order valence-electron chi connectivity index (χ1n) is 9.78. The van der Waals surface area contributed by atoms with Gasteiger partial charge in [-0.2, -0.15) is 4.98 Å². The van der Waals surface area contributed by atoms with Crippen LogP contribution in [0.25, 0.3) is 0 Å². The van der Waals surface area contributed by atoms with Crippen molar-refractivity contribution in [1.82, 2.24) is 19.9 Å². The fraction of sp³-hybridized carbons (Fsp3) is 0.550. The van der Waals surface area contributed by atoms with Crippen LogP contribution in [0.15, 0.2) is 24.4 Å². The van der Waals surface area contributed by atoms with Gasteiger partial charge in [0.25, 0.3) is 0 Å². The molecule has 4 rings (SSSR count). The van der Waals surface area contributed by atoms with E-state index in [4.69, 9.17) is 9.72 Å². The topological polar surface area (TPSA) is 57.6 Å². The molecule has 2 aliphatic heterocycles. The standard InChI is InChI=1S/C20H28N6O/c1-16-13-18(23-20(22-16)26-7-3-4-8-26)25-11-9-24(10-12-25)15-17-5-6-21-19(14-17)27-2/h5-6,13-14H,3-4,7-12,15H2,1-2H3. The third-order valence-corrected chi connectivity index (χ3v) is 5.33. The Labute approximate surface area is 161 Å². The van der Waals surface area contributed by atoms with Crippen molar-refractivity contribution in [3.05, 3.63) is 35.7 Å². The third-order valence-electron chi connectivity index (χ3n) is 5.33. The number of pyridine rings is 1. The van der Waals surface area contributed by atoms with E-state index in [2.05, 4.69) is 43.7 Å². The molecule has 2 aromatic rings. The van der Waals surface area contributed by atoms with E-state index in [1.807, 2.05) is 12.3 Å². The Bertz CT molecular complexity index is 769. The highest BCUT2D eigenvalue weighted by atomic mass is 16.5. The van der Waals surface area contributed by atoms with Gasteiger partial charge in [-0.25, -0.2) is 9.97 Å². The number of piperazine rings is 1. The van der Waals surface area contributed by atoms with Gasteiger partial charge in [-0.3, -0.25) is 4.90 Å². The number of hydrogen-bond donors (Lipinski definition) is 0. The molecule has 0 radical (unpaired) electrons. The van der Waals surface area contributed by atoms with Crippen LogP contribution >= 0.6 is 0 Å². The number of anilines is 2. The van der Waals surface area contributed by atoms with Crippen LogP contribution in [-0.4, -0.2) is 66.2 Å². The lowest BCUT2D eigenvalue weighted by Gasteiger charge is -2.35. The van der Waals surface area contributed by atoms with Crippen LogP contribution < -0.4 is 14.5 Å². The largest absolute Gasteiger partial charge is 0.481 e. The molecule has 0 aliphatic carbocycles. The molecule has 0 amide bonds. The molecule has 7 heteroatoms. The minimum atomic E-state index is 0.678. The second-order valence-electron chi connectivity index (χ2n) is 7.33. The summed E-state index contributed by atoms with van der Waals surface area (Å²) in [5, 5.41) is 0. The fourth-order valence-corrected chi connectivity index (χ4v) is 3.81. The van der Waals surface area contributed by atoms with E-state index in [1.165, 1.54) is 18.4 Å². The summed E-state index contributed by atoms with van der Waals surface area (Å²) in [4.78, 5) is 20.9. The lowest BCUT2D eigenvalue weighted by atomic mass is 10.2. The molecule has 0 N–H and O–H groups in total. The summed E-state index contributed by atoms with van der Waals surface area (Å²) in [5.41, 5.74) is 2.29. The summed E-state index contributed by atoms with van der Waals surface area (Å²) in [6, 6.07) is 6.19. The molecule has 2 fully saturated rings. The van der Waals surface area contributed by atoms with Crippen molar-refractivity contribution < 1.29 is 4.74 Å². The maximum Gasteiger partial charge on any atom is 0.227 e. The number of nitrogens with zero attached hydrogens (tertiary/aromatic N) is 6.